The first kappa shape index (κ1) is 20.3. The number of thiazole rings is 1. The average molecular weight is 443 g/mol. The number of rotatable bonds is 7. The highest BCUT2D eigenvalue weighted by atomic mass is 32.1. The molecule has 162 valence electrons. The number of fused-ring (bicyclic) bond motifs is 1. The number of benzene rings is 1. The Morgan fingerprint density at radius 2 is 2.06 bits per heavy atom. The van der Waals surface area contributed by atoms with Gasteiger partial charge < -0.3 is 5.32 Å². The molecule has 3 atom stereocenters. The zero-order valence-corrected chi connectivity index (χ0v) is 18.0. The van der Waals surface area contributed by atoms with E-state index in [4.69, 9.17) is 0 Å². The SMILES string of the molecule is CNC(=O)CCC[C@H]1[C@@H](c2ccc(C3CCc4c3cnn4-c3nccs3)cc2)C1(F)F. The van der Waals surface area contributed by atoms with Crippen molar-refractivity contribution in [2.75, 3.05) is 7.05 Å². The van der Waals surface area contributed by atoms with Crippen molar-refractivity contribution in [1.29, 1.82) is 0 Å². The fourth-order valence-electron chi connectivity index (χ4n) is 4.94. The molecular formula is C23H24F2N4OS. The molecule has 1 unspecified atom stereocenters. The normalized spacial score (nSPS) is 23.5. The van der Waals surface area contributed by atoms with Crippen LogP contribution in [0, 0.1) is 5.92 Å². The molecule has 0 aliphatic heterocycles. The molecule has 8 heteroatoms. The van der Waals surface area contributed by atoms with E-state index in [0.717, 1.165) is 23.5 Å². The van der Waals surface area contributed by atoms with Crippen LogP contribution >= 0.6 is 11.3 Å². The third-order valence-electron chi connectivity index (χ3n) is 6.64. The van der Waals surface area contributed by atoms with Gasteiger partial charge in [-0.05, 0) is 36.8 Å². The Morgan fingerprint density at radius 3 is 2.77 bits per heavy atom. The second-order valence-corrected chi connectivity index (χ2v) is 9.23. The second-order valence-electron chi connectivity index (χ2n) is 8.36. The monoisotopic (exact) mass is 442 g/mol. The summed E-state index contributed by atoms with van der Waals surface area (Å²) in [7, 11) is 1.57. The summed E-state index contributed by atoms with van der Waals surface area (Å²) in [6.07, 6.45) is 6.76. The van der Waals surface area contributed by atoms with Crippen LogP contribution in [0.1, 0.15) is 59.9 Å². The Bertz CT molecular complexity index is 1080. The zero-order valence-electron chi connectivity index (χ0n) is 17.2. The van der Waals surface area contributed by atoms with Crippen molar-refractivity contribution >= 4 is 17.2 Å². The first-order valence-corrected chi connectivity index (χ1v) is 11.5. The van der Waals surface area contributed by atoms with Gasteiger partial charge in [0.15, 0.2) is 0 Å². The number of halogens is 2. The molecule has 2 aliphatic rings. The summed E-state index contributed by atoms with van der Waals surface area (Å²) >= 11 is 1.56. The second kappa shape index (κ2) is 7.82. The van der Waals surface area contributed by atoms with Crippen molar-refractivity contribution < 1.29 is 13.6 Å². The third kappa shape index (κ3) is 3.56. The number of nitrogens with one attached hydrogen (secondary N) is 1. The Balaban J connectivity index is 1.28. The largest absolute Gasteiger partial charge is 0.359 e. The lowest BCUT2D eigenvalue weighted by Crippen LogP contribution is -2.17. The summed E-state index contributed by atoms with van der Waals surface area (Å²) in [6, 6.07) is 7.70. The van der Waals surface area contributed by atoms with E-state index >= 15 is 0 Å². The van der Waals surface area contributed by atoms with Gasteiger partial charge in [-0.15, -0.1) is 11.3 Å². The molecule has 5 nitrogen and oxygen atoms in total. The lowest BCUT2D eigenvalue weighted by molar-refractivity contribution is -0.120. The first-order chi connectivity index (χ1) is 15.0. The van der Waals surface area contributed by atoms with Gasteiger partial charge in [0.25, 0.3) is 5.92 Å². The number of carbonyl (C=O) groups is 1. The van der Waals surface area contributed by atoms with E-state index < -0.39 is 17.8 Å². The van der Waals surface area contributed by atoms with Gasteiger partial charge in [-0.1, -0.05) is 24.3 Å². The van der Waals surface area contributed by atoms with Crippen molar-refractivity contribution in [3.8, 4) is 5.13 Å². The van der Waals surface area contributed by atoms with Crippen LogP contribution in [0.5, 0.6) is 0 Å². The minimum Gasteiger partial charge on any atom is -0.359 e. The zero-order chi connectivity index (χ0) is 21.6. The standard InChI is InChI=1S/C23H24F2N4OS/c1-26-20(30)4-2-3-18-21(23(18,24)25)15-7-5-14(6-8-15)16-9-10-19-17(16)13-28-29(19)22-27-11-12-31-22/h5-8,11-13,16,18,21H,2-4,9-10H2,1H3,(H,26,30)/t16?,18-,21+/m0/s1. The molecule has 31 heavy (non-hydrogen) atoms. The van der Waals surface area contributed by atoms with Gasteiger partial charge in [0.05, 0.1) is 17.8 Å². The van der Waals surface area contributed by atoms with Gasteiger partial charge in [-0.2, -0.15) is 5.10 Å². The van der Waals surface area contributed by atoms with Gasteiger partial charge in [0.2, 0.25) is 11.0 Å². The number of amides is 1. The van der Waals surface area contributed by atoms with E-state index in [2.05, 4.69) is 15.4 Å². The molecule has 5 rings (SSSR count). The summed E-state index contributed by atoms with van der Waals surface area (Å²) in [6.45, 7) is 0. The number of carbonyl (C=O) groups excluding carboxylic acids is 1. The molecule has 1 saturated carbocycles. The molecule has 1 fully saturated rings. The Morgan fingerprint density at radius 1 is 1.29 bits per heavy atom. The molecule has 0 bridgehead atoms. The van der Waals surface area contributed by atoms with Gasteiger partial charge in [-0.25, -0.2) is 18.4 Å². The fourth-order valence-corrected chi connectivity index (χ4v) is 5.57. The summed E-state index contributed by atoms with van der Waals surface area (Å²) in [5.41, 5.74) is 4.22. The van der Waals surface area contributed by atoms with Crippen LogP contribution < -0.4 is 5.32 Å². The highest BCUT2D eigenvalue weighted by molar-refractivity contribution is 7.12. The average Bonchev–Trinajstić information content (AvgIpc) is 3.31. The smallest absolute Gasteiger partial charge is 0.258 e. The van der Waals surface area contributed by atoms with Crippen LogP contribution in [0.3, 0.4) is 0 Å². The predicted octanol–water partition coefficient (Wildman–Crippen LogP) is 4.67. The van der Waals surface area contributed by atoms with E-state index in [9.17, 15) is 13.6 Å². The van der Waals surface area contributed by atoms with Gasteiger partial charge in [-0.3, -0.25) is 4.79 Å². The predicted molar refractivity (Wildman–Crippen MR) is 115 cm³/mol. The van der Waals surface area contributed by atoms with Gasteiger partial charge >= 0.3 is 0 Å². The van der Waals surface area contributed by atoms with E-state index in [0.29, 0.717) is 24.8 Å². The lowest BCUT2D eigenvalue weighted by atomic mass is 9.93. The highest BCUT2D eigenvalue weighted by Gasteiger charge is 2.67. The minimum absolute atomic E-state index is 0.0982. The topological polar surface area (TPSA) is 59.8 Å². The lowest BCUT2D eigenvalue weighted by Gasteiger charge is -2.11. The number of alkyl halides is 2. The Labute approximate surface area is 183 Å². The van der Waals surface area contributed by atoms with Gasteiger partial charge in [0, 0.05) is 42.4 Å². The summed E-state index contributed by atoms with van der Waals surface area (Å²) in [5, 5.41) is 9.87. The molecule has 1 amide bonds. The van der Waals surface area contributed by atoms with Crippen molar-refractivity contribution in [3.63, 3.8) is 0 Å². The minimum atomic E-state index is -2.68. The van der Waals surface area contributed by atoms with Crippen molar-refractivity contribution in [1.82, 2.24) is 20.1 Å². The van der Waals surface area contributed by atoms with Crippen LogP contribution in [-0.2, 0) is 11.2 Å². The molecular weight excluding hydrogens is 418 g/mol. The molecule has 0 saturated heterocycles. The summed E-state index contributed by atoms with van der Waals surface area (Å²) in [5.74, 6) is -3.95. The summed E-state index contributed by atoms with van der Waals surface area (Å²) < 4.78 is 30.7. The van der Waals surface area contributed by atoms with E-state index in [1.165, 1.54) is 11.3 Å². The molecule has 0 spiro atoms. The Kier molecular flexibility index (Phi) is 5.12. The number of hydrogen-bond acceptors (Lipinski definition) is 4. The van der Waals surface area contributed by atoms with E-state index in [1.807, 2.05) is 40.5 Å². The third-order valence-corrected chi connectivity index (χ3v) is 7.39. The fraction of sp³-hybridized carbons (Fsp3) is 0.435. The summed E-state index contributed by atoms with van der Waals surface area (Å²) in [4.78, 5) is 15.7. The molecule has 0 radical (unpaired) electrons. The first-order valence-electron chi connectivity index (χ1n) is 10.7. The van der Waals surface area contributed by atoms with Gasteiger partial charge in [0.1, 0.15) is 0 Å². The van der Waals surface area contributed by atoms with Crippen LogP contribution in [0.15, 0.2) is 42.0 Å². The van der Waals surface area contributed by atoms with Crippen LogP contribution in [0.2, 0.25) is 0 Å². The molecule has 2 aromatic heterocycles. The number of hydrogen-bond donors (Lipinski definition) is 1. The maximum Gasteiger partial charge on any atom is 0.258 e. The van der Waals surface area contributed by atoms with Crippen LogP contribution in [0.4, 0.5) is 8.78 Å². The van der Waals surface area contributed by atoms with Crippen LogP contribution in [-0.4, -0.2) is 33.6 Å². The molecule has 2 heterocycles. The molecule has 3 aromatic rings. The van der Waals surface area contributed by atoms with E-state index in [-0.39, 0.29) is 11.8 Å². The molecule has 1 aromatic carbocycles. The maximum absolute atomic E-state index is 14.4. The van der Waals surface area contributed by atoms with Crippen LogP contribution in [0.25, 0.3) is 5.13 Å². The van der Waals surface area contributed by atoms with Crippen molar-refractivity contribution in [2.24, 2.45) is 5.92 Å². The molecule has 1 N–H and O–H groups in total. The number of aromatic nitrogens is 3. The van der Waals surface area contributed by atoms with E-state index in [1.54, 1.807) is 24.6 Å². The quantitative estimate of drug-likeness (QED) is 0.578. The van der Waals surface area contributed by atoms with Crippen molar-refractivity contribution in [2.45, 2.75) is 49.9 Å². The molecule has 2 aliphatic carbocycles. The highest BCUT2D eigenvalue weighted by Crippen LogP contribution is 2.63. The maximum atomic E-state index is 14.4. The number of nitrogens with zero attached hydrogens (tertiary/aromatic N) is 3. The Hall–Kier alpha value is -2.61. The van der Waals surface area contributed by atoms with Crippen molar-refractivity contribution in [3.05, 3.63) is 64.4 Å².